The van der Waals surface area contributed by atoms with Crippen LogP contribution in [0.2, 0.25) is 0 Å². The van der Waals surface area contributed by atoms with E-state index in [2.05, 4.69) is 50.0 Å². The highest BCUT2D eigenvalue weighted by Gasteiger charge is 2.31. The predicted octanol–water partition coefficient (Wildman–Crippen LogP) is 6.24. The number of benzene rings is 3. The lowest BCUT2D eigenvalue weighted by Gasteiger charge is -2.14. The average molecular weight is 516 g/mol. The summed E-state index contributed by atoms with van der Waals surface area (Å²) in [5.74, 6) is 5.13. The van der Waals surface area contributed by atoms with Gasteiger partial charge < -0.3 is 14.8 Å². The van der Waals surface area contributed by atoms with Crippen LogP contribution in [0, 0.1) is 11.8 Å². The lowest BCUT2D eigenvalue weighted by Crippen LogP contribution is -2.26. The van der Waals surface area contributed by atoms with Crippen LogP contribution in [0.3, 0.4) is 0 Å². The van der Waals surface area contributed by atoms with Gasteiger partial charge in [0.1, 0.15) is 12.4 Å². The van der Waals surface area contributed by atoms with Crippen LogP contribution in [0.5, 0.6) is 5.75 Å². The number of carbonyl (C=O) groups is 1. The van der Waals surface area contributed by atoms with Gasteiger partial charge in [-0.25, -0.2) is 4.79 Å². The Labute approximate surface area is 196 Å². The first kappa shape index (κ1) is 22.7. The molecule has 0 spiro atoms. The Morgan fingerprint density at radius 1 is 1.00 bits per heavy atom. The van der Waals surface area contributed by atoms with Gasteiger partial charge in [0.25, 0.3) is 0 Å². The summed E-state index contributed by atoms with van der Waals surface area (Å²) in [5, 5.41) is 2.56. The number of hydrogen-bond acceptors (Lipinski definition) is 3. The van der Waals surface area contributed by atoms with E-state index in [-0.39, 0.29) is 24.8 Å². The first-order valence-electron chi connectivity index (χ1n) is 9.95. The maximum Gasteiger partial charge on any atom is 0.573 e. The number of rotatable bonds is 4. The second kappa shape index (κ2) is 9.59. The summed E-state index contributed by atoms with van der Waals surface area (Å²) in [7, 11) is 0. The Bertz CT molecular complexity index is 1200. The molecule has 0 saturated carbocycles. The minimum absolute atomic E-state index is 0.0178. The molecule has 4 rings (SSSR count). The van der Waals surface area contributed by atoms with Crippen molar-refractivity contribution in [3.8, 4) is 28.7 Å². The van der Waals surface area contributed by atoms with Crippen LogP contribution in [-0.2, 0) is 4.74 Å². The van der Waals surface area contributed by atoms with Gasteiger partial charge in [0, 0.05) is 16.0 Å². The van der Waals surface area contributed by atoms with Gasteiger partial charge in [0.2, 0.25) is 0 Å². The number of carbonyl (C=O) groups excluding carboxylic acids is 1. The molecule has 4 nitrogen and oxygen atoms in total. The van der Waals surface area contributed by atoms with E-state index in [0.717, 1.165) is 22.3 Å². The van der Waals surface area contributed by atoms with Crippen LogP contribution in [0.1, 0.15) is 22.6 Å². The molecule has 0 atom stereocenters. The molecule has 1 aliphatic carbocycles. The van der Waals surface area contributed by atoms with Crippen molar-refractivity contribution in [1.29, 1.82) is 0 Å². The molecule has 0 unspecified atom stereocenters. The van der Waals surface area contributed by atoms with Gasteiger partial charge in [-0.2, -0.15) is 0 Å². The Morgan fingerprint density at radius 3 is 2.24 bits per heavy atom. The number of nitrogens with one attached hydrogen (secondary N) is 1. The van der Waals surface area contributed by atoms with Crippen LogP contribution >= 0.6 is 15.9 Å². The molecule has 33 heavy (non-hydrogen) atoms. The molecule has 0 aromatic heterocycles. The molecule has 0 aliphatic heterocycles. The zero-order valence-electron chi connectivity index (χ0n) is 17.1. The summed E-state index contributed by atoms with van der Waals surface area (Å²) in [6.45, 7) is 0.212. The van der Waals surface area contributed by atoms with E-state index in [4.69, 9.17) is 4.74 Å². The number of alkyl halides is 3. The molecule has 0 radical (unpaired) electrons. The van der Waals surface area contributed by atoms with Gasteiger partial charge >= 0.3 is 12.5 Å². The molecular weight excluding hydrogens is 499 g/mol. The van der Waals surface area contributed by atoms with Crippen molar-refractivity contribution in [3.05, 3.63) is 87.9 Å². The van der Waals surface area contributed by atoms with Gasteiger partial charge in [-0.3, -0.25) is 0 Å². The van der Waals surface area contributed by atoms with Crippen LogP contribution in [0.25, 0.3) is 11.1 Å². The summed E-state index contributed by atoms with van der Waals surface area (Å²) < 4.78 is 46.5. The normalized spacial score (nSPS) is 12.2. The molecule has 3 aromatic rings. The first-order valence-corrected chi connectivity index (χ1v) is 10.7. The van der Waals surface area contributed by atoms with Crippen molar-refractivity contribution in [1.82, 2.24) is 5.32 Å². The third kappa shape index (κ3) is 5.49. The minimum atomic E-state index is -4.76. The molecule has 168 valence electrons. The maximum atomic E-state index is 12.3. The Kier molecular flexibility index (Phi) is 6.61. The number of hydrogen-bond donors (Lipinski definition) is 1. The molecule has 1 N–H and O–H groups in total. The summed E-state index contributed by atoms with van der Waals surface area (Å²) >= 11 is 3.16. The molecule has 3 aromatic carbocycles. The standard InChI is InChI=1S/C25H17BrF3NO3/c26-23-14-17(33-25(27,28)29)12-11-16(23)6-5-13-30-24(31)32-15-22-20-9-3-1-7-18(20)19-8-2-4-10-21(19)22/h1-4,7-12,14,22H,13,15H2,(H,30,31). The Morgan fingerprint density at radius 2 is 1.64 bits per heavy atom. The molecule has 8 heteroatoms. The lowest BCUT2D eigenvalue weighted by atomic mass is 9.98. The zero-order valence-corrected chi connectivity index (χ0v) is 18.7. The van der Waals surface area contributed by atoms with Crippen molar-refractivity contribution in [3.63, 3.8) is 0 Å². The fourth-order valence-electron chi connectivity index (χ4n) is 3.70. The summed E-state index contributed by atoms with van der Waals surface area (Å²) in [6.07, 6.45) is -5.36. The number of alkyl carbamates (subject to hydrolysis) is 1. The van der Waals surface area contributed by atoms with Crippen LogP contribution in [0.15, 0.2) is 71.2 Å². The maximum absolute atomic E-state index is 12.3. The van der Waals surface area contributed by atoms with Crippen molar-refractivity contribution < 1.29 is 27.4 Å². The fourth-order valence-corrected chi connectivity index (χ4v) is 4.16. The van der Waals surface area contributed by atoms with E-state index in [0.29, 0.717) is 10.0 Å². The van der Waals surface area contributed by atoms with Crippen LogP contribution < -0.4 is 10.1 Å². The molecular formula is C25H17BrF3NO3. The molecule has 1 aliphatic rings. The monoisotopic (exact) mass is 515 g/mol. The Balaban J connectivity index is 1.31. The van der Waals surface area contributed by atoms with Crippen LogP contribution in [-0.4, -0.2) is 25.6 Å². The number of ether oxygens (including phenoxy) is 2. The van der Waals surface area contributed by atoms with Crippen LogP contribution in [0.4, 0.5) is 18.0 Å². The average Bonchev–Trinajstić information content (AvgIpc) is 3.09. The van der Waals surface area contributed by atoms with Gasteiger partial charge in [0.15, 0.2) is 0 Å². The fraction of sp³-hybridized carbons (Fsp3) is 0.160. The third-order valence-electron chi connectivity index (χ3n) is 5.06. The quantitative estimate of drug-likeness (QED) is 0.418. The van der Waals surface area contributed by atoms with Crippen molar-refractivity contribution in [2.45, 2.75) is 12.3 Å². The number of fused-ring (bicyclic) bond motifs is 3. The topological polar surface area (TPSA) is 47.6 Å². The predicted molar refractivity (Wildman–Crippen MR) is 121 cm³/mol. The van der Waals surface area contributed by atoms with E-state index in [1.165, 1.54) is 18.2 Å². The van der Waals surface area contributed by atoms with E-state index in [9.17, 15) is 18.0 Å². The second-order valence-corrected chi connectivity index (χ2v) is 8.02. The van der Waals surface area contributed by atoms with Gasteiger partial charge in [-0.05, 0) is 56.4 Å². The van der Waals surface area contributed by atoms with Gasteiger partial charge in [0.05, 0.1) is 6.54 Å². The summed E-state index contributed by atoms with van der Waals surface area (Å²) in [6, 6.07) is 19.8. The van der Waals surface area contributed by atoms with Crippen molar-refractivity contribution in [2.75, 3.05) is 13.2 Å². The SMILES string of the molecule is O=C(NCC#Cc1ccc(OC(F)(F)F)cc1Br)OCC1c2ccccc2-c2ccccc21. The van der Waals surface area contributed by atoms with E-state index < -0.39 is 12.5 Å². The summed E-state index contributed by atoms with van der Waals surface area (Å²) in [4.78, 5) is 12.1. The molecule has 0 heterocycles. The lowest BCUT2D eigenvalue weighted by molar-refractivity contribution is -0.274. The smallest absolute Gasteiger partial charge is 0.449 e. The second-order valence-electron chi connectivity index (χ2n) is 7.17. The highest BCUT2D eigenvalue weighted by atomic mass is 79.9. The highest BCUT2D eigenvalue weighted by molar-refractivity contribution is 9.10. The largest absolute Gasteiger partial charge is 0.573 e. The third-order valence-corrected chi connectivity index (χ3v) is 5.72. The molecule has 0 bridgehead atoms. The Hall–Kier alpha value is -3.44. The molecule has 1 amide bonds. The summed E-state index contributed by atoms with van der Waals surface area (Å²) in [5.41, 5.74) is 4.98. The highest BCUT2D eigenvalue weighted by Crippen LogP contribution is 2.44. The van der Waals surface area contributed by atoms with Crippen molar-refractivity contribution in [2.24, 2.45) is 0 Å². The van der Waals surface area contributed by atoms with E-state index in [1.807, 2.05) is 36.4 Å². The zero-order chi connectivity index (χ0) is 23.4. The number of halogens is 4. The van der Waals surface area contributed by atoms with Gasteiger partial charge in [-0.15, -0.1) is 13.2 Å². The van der Waals surface area contributed by atoms with E-state index >= 15 is 0 Å². The first-order chi connectivity index (χ1) is 15.8. The molecule has 0 fully saturated rings. The van der Waals surface area contributed by atoms with Crippen molar-refractivity contribution >= 4 is 22.0 Å². The van der Waals surface area contributed by atoms with E-state index in [1.54, 1.807) is 0 Å². The number of amides is 1. The molecule has 0 saturated heterocycles. The minimum Gasteiger partial charge on any atom is -0.449 e. The van der Waals surface area contributed by atoms with Gasteiger partial charge in [-0.1, -0.05) is 60.4 Å².